The van der Waals surface area contributed by atoms with Gasteiger partial charge in [0.05, 0.1) is 23.0 Å². The van der Waals surface area contributed by atoms with Gasteiger partial charge in [0.15, 0.2) is 0 Å². The van der Waals surface area contributed by atoms with Crippen molar-refractivity contribution < 1.29 is 27.9 Å². The average Bonchev–Trinajstić information content (AvgIpc) is 3.19. The third-order valence-corrected chi connectivity index (χ3v) is 3.91. The molecular formula is C18H15F3N6O3. The summed E-state index contributed by atoms with van der Waals surface area (Å²) >= 11 is 0. The number of hydrogen-bond donors (Lipinski definition) is 3. The van der Waals surface area contributed by atoms with Gasteiger partial charge < -0.3 is 10.4 Å². The Kier molecular flexibility index (Phi) is 5.67. The number of nitrogens with one attached hydrogen (secondary N) is 2. The van der Waals surface area contributed by atoms with Crippen LogP contribution in [0, 0.1) is 0 Å². The van der Waals surface area contributed by atoms with Crippen molar-refractivity contribution in [3.05, 3.63) is 54.2 Å². The molecule has 0 aliphatic carbocycles. The zero-order valence-electron chi connectivity index (χ0n) is 15.4. The highest BCUT2D eigenvalue weighted by molar-refractivity contribution is 5.91. The largest absolute Gasteiger partial charge is 0.478 e. The van der Waals surface area contributed by atoms with E-state index < -0.39 is 23.7 Å². The van der Waals surface area contributed by atoms with Crippen LogP contribution >= 0.6 is 0 Å². The van der Waals surface area contributed by atoms with Crippen molar-refractivity contribution in [2.45, 2.75) is 13.1 Å². The van der Waals surface area contributed by atoms with Crippen LogP contribution in [0.1, 0.15) is 22.8 Å². The Morgan fingerprint density at radius 2 is 1.93 bits per heavy atom. The Hall–Kier alpha value is -3.96. The zero-order valence-corrected chi connectivity index (χ0v) is 15.4. The van der Waals surface area contributed by atoms with Gasteiger partial charge >= 0.3 is 18.2 Å². The molecule has 9 nitrogen and oxygen atoms in total. The summed E-state index contributed by atoms with van der Waals surface area (Å²) in [6, 6.07) is 2.08. The van der Waals surface area contributed by atoms with Gasteiger partial charge in [-0.05, 0) is 13.0 Å². The smallest absolute Gasteiger partial charge is 0.419 e. The molecule has 0 saturated heterocycles. The number of rotatable bonds is 5. The number of carbonyl (C=O) groups is 2. The maximum Gasteiger partial charge on any atom is 0.419 e. The molecule has 3 aromatic heterocycles. The lowest BCUT2D eigenvalue weighted by atomic mass is 10.1. The molecule has 3 heterocycles. The number of halogens is 3. The highest BCUT2D eigenvalue weighted by Gasteiger charge is 2.32. The SMILES string of the molecule is CCNC(=O)Nc1cc(-n2cc(C(F)(F)F)cn2)c(-c2cncc(C(=O)O)c2)cn1. The Bertz CT molecular complexity index is 1100. The molecule has 3 rings (SSSR count). The summed E-state index contributed by atoms with van der Waals surface area (Å²) in [4.78, 5) is 30.9. The van der Waals surface area contributed by atoms with E-state index in [9.17, 15) is 27.9 Å². The van der Waals surface area contributed by atoms with Crippen LogP contribution in [-0.2, 0) is 6.18 Å². The van der Waals surface area contributed by atoms with Crippen molar-refractivity contribution in [3.8, 4) is 16.8 Å². The lowest BCUT2D eigenvalue weighted by Crippen LogP contribution is -2.28. The van der Waals surface area contributed by atoms with Crippen molar-refractivity contribution >= 4 is 17.8 Å². The standard InChI is InChI=1S/C18H15F3N6O3/c1-2-23-17(30)26-15-4-14(27-9-12(7-25-27)18(19,20)21)13(8-24-15)10-3-11(16(28)29)6-22-5-10/h3-9H,2H2,1H3,(H,28,29)(H2,23,24,26,30). The van der Waals surface area contributed by atoms with Crippen LogP contribution in [0.15, 0.2) is 43.1 Å². The summed E-state index contributed by atoms with van der Waals surface area (Å²) in [5.74, 6) is -1.15. The van der Waals surface area contributed by atoms with Crippen molar-refractivity contribution in [2.24, 2.45) is 0 Å². The van der Waals surface area contributed by atoms with Crippen LogP contribution in [0.25, 0.3) is 16.8 Å². The van der Waals surface area contributed by atoms with Crippen LogP contribution < -0.4 is 10.6 Å². The number of anilines is 1. The minimum atomic E-state index is -4.60. The Morgan fingerprint density at radius 3 is 2.57 bits per heavy atom. The second-order valence-corrected chi connectivity index (χ2v) is 6.01. The number of carboxylic acids is 1. The van der Waals surface area contributed by atoms with E-state index in [0.29, 0.717) is 18.3 Å². The first-order valence-corrected chi connectivity index (χ1v) is 8.55. The maximum atomic E-state index is 13.0. The van der Waals surface area contributed by atoms with Gasteiger partial charge in [-0.3, -0.25) is 10.3 Å². The third kappa shape index (κ3) is 4.54. The number of hydrogen-bond acceptors (Lipinski definition) is 5. The molecule has 3 N–H and O–H groups in total. The van der Waals surface area contributed by atoms with E-state index in [2.05, 4.69) is 25.7 Å². The van der Waals surface area contributed by atoms with E-state index in [-0.39, 0.29) is 22.6 Å². The van der Waals surface area contributed by atoms with E-state index in [0.717, 1.165) is 17.1 Å². The second-order valence-electron chi connectivity index (χ2n) is 6.01. The van der Waals surface area contributed by atoms with E-state index in [1.54, 1.807) is 6.92 Å². The van der Waals surface area contributed by atoms with Crippen LogP contribution in [0.5, 0.6) is 0 Å². The molecule has 0 aliphatic rings. The number of aromatic nitrogens is 4. The molecule has 0 unspecified atom stereocenters. The third-order valence-electron chi connectivity index (χ3n) is 3.91. The van der Waals surface area contributed by atoms with E-state index in [4.69, 9.17) is 0 Å². The van der Waals surface area contributed by atoms with E-state index >= 15 is 0 Å². The molecule has 12 heteroatoms. The number of nitrogens with zero attached hydrogens (tertiary/aromatic N) is 4. The molecule has 0 radical (unpaired) electrons. The molecule has 0 saturated carbocycles. The number of alkyl halides is 3. The zero-order chi connectivity index (χ0) is 21.9. The van der Waals surface area contributed by atoms with E-state index in [1.165, 1.54) is 24.5 Å². The van der Waals surface area contributed by atoms with Gasteiger partial charge in [-0.15, -0.1) is 0 Å². The normalized spacial score (nSPS) is 11.2. The van der Waals surface area contributed by atoms with Gasteiger partial charge in [0, 0.05) is 48.5 Å². The molecule has 0 spiro atoms. The maximum absolute atomic E-state index is 13.0. The number of amides is 2. The Morgan fingerprint density at radius 1 is 1.17 bits per heavy atom. The predicted molar refractivity (Wildman–Crippen MR) is 99.2 cm³/mol. The molecule has 0 aliphatic heterocycles. The number of urea groups is 1. The summed E-state index contributed by atoms with van der Waals surface area (Å²) in [7, 11) is 0. The molecule has 0 aromatic carbocycles. The monoisotopic (exact) mass is 420 g/mol. The van der Waals surface area contributed by atoms with E-state index in [1.807, 2.05) is 0 Å². The Balaban J connectivity index is 2.12. The van der Waals surface area contributed by atoms with Gasteiger partial charge in [0.25, 0.3) is 0 Å². The molecule has 0 fully saturated rings. The first kappa shape index (κ1) is 20.8. The quantitative estimate of drug-likeness (QED) is 0.583. The first-order chi connectivity index (χ1) is 14.2. The lowest BCUT2D eigenvalue weighted by molar-refractivity contribution is -0.137. The first-order valence-electron chi connectivity index (χ1n) is 8.55. The predicted octanol–water partition coefficient (Wildman–Crippen LogP) is 3.19. The minimum absolute atomic E-state index is 0.0612. The van der Waals surface area contributed by atoms with Gasteiger partial charge in [-0.2, -0.15) is 18.3 Å². The average molecular weight is 420 g/mol. The van der Waals surface area contributed by atoms with Gasteiger partial charge in [-0.1, -0.05) is 0 Å². The molecule has 0 bridgehead atoms. The van der Waals surface area contributed by atoms with Gasteiger partial charge in [0.1, 0.15) is 5.82 Å². The Labute approximate surface area is 167 Å². The summed E-state index contributed by atoms with van der Waals surface area (Å²) in [5, 5.41) is 17.9. The molecule has 156 valence electrons. The van der Waals surface area contributed by atoms with Crippen LogP contribution in [0.3, 0.4) is 0 Å². The summed E-state index contributed by atoms with van der Waals surface area (Å²) in [6.45, 7) is 2.07. The molecular weight excluding hydrogens is 405 g/mol. The van der Waals surface area contributed by atoms with Crippen molar-refractivity contribution in [1.29, 1.82) is 0 Å². The fraction of sp³-hybridized carbons (Fsp3) is 0.167. The summed E-state index contributed by atoms with van der Waals surface area (Å²) in [6.07, 6.45) is 0.612. The fourth-order valence-electron chi connectivity index (χ4n) is 2.55. The van der Waals surface area contributed by atoms with Gasteiger partial charge in [-0.25, -0.2) is 19.3 Å². The van der Waals surface area contributed by atoms with Crippen LogP contribution in [0.2, 0.25) is 0 Å². The summed E-state index contributed by atoms with van der Waals surface area (Å²) < 4.78 is 40.0. The number of carboxylic acid groups (broad SMARTS) is 1. The van der Waals surface area contributed by atoms with Crippen molar-refractivity contribution in [2.75, 3.05) is 11.9 Å². The summed E-state index contributed by atoms with van der Waals surface area (Å²) in [5.41, 5.74) is -0.383. The lowest BCUT2D eigenvalue weighted by Gasteiger charge is -2.13. The highest BCUT2D eigenvalue weighted by Crippen LogP contribution is 2.32. The molecule has 3 aromatic rings. The number of pyridine rings is 2. The minimum Gasteiger partial charge on any atom is -0.478 e. The van der Waals surface area contributed by atoms with Crippen LogP contribution in [-0.4, -0.2) is 43.4 Å². The molecule has 2 amide bonds. The van der Waals surface area contributed by atoms with Gasteiger partial charge in [0.2, 0.25) is 0 Å². The van der Waals surface area contributed by atoms with Crippen LogP contribution in [0.4, 0.5) is 23.8 Å². The number of carbonyl (C=O) groups excluding carboxylic acids is 1. The van der Waals surface area contributed by atoms with Crippen molar-refractivity contribution in [1.82, 2.24) is 25.1 Å². The fourth-order valence-corrected chi connectivity index (χ4v) is 2.55. The second kappa shape index (κ2) is 8.19. The highest BCUT2D eigenvalue weighted by atomic mass is 19.4. The molecule has 30 heavy (non-hydrogen) atoms. The topological polar surface area (TPSA) is 122 Å². The number of aromatic carboxylic acids is 1. The molecule has 0 atom stereocenters. The van der Waals surface area contributed by atoms with Crippen molar-refractivity contribution in [3.63, 3.8) is 0 Å².